The van der Waals surface area contributed by atoms with Gasteiger partial charge in [-0.3, -0.25) is 9.59 Å². The van der Waals surface area contributed by atoms with Crippen LogP contribution in [0.4, 0.5) is 15.8 Å². The van der Waals surface area contributed by atoms with E-state index in [0.717, 1.165) is 16.2 Å². The molecule has 0 N–H and O–H groups in total. The van der Waals surface area contributed by atoms with Crippen LogP contribution in [0.1, 0.15) is 5.56 Å². The predicted molar refractivity (Wildman–Crippen MR) is 123 cm³/mol. The number of nitrogens with zero attached hydrogens (tertiary/aromatic N) is 2. The van der Waals surface area contributed by atoms with Crippen molar-refractivity contribution in [2.75, 3.05) is 9.80 Å². The Bertz CT molecular complexity index is 1340. The molecule has 3 aliphatic rings. The first-order valence-electron chi connectivity index (χ1n) is 11.0. The molecule has 3 aliphatic heterocycles. The van der Waals surface area contributed by atoms with Gasteiger partial charge in [-0.1, -0.05) is 48.6 Å². The lowest BCUT2D eigenvalue weighted by Gasteiger charge is -2.36. The summed E-state index contributed by atoms with van der Waals surface area (Å²) in [5.41, 5.74) is 1.95. The number of carbonyl (C=O) groups excluding carboxylic acids is 3. The number of benzene rings is 3. The van der Waals surface area contributed by atoms with Gasteiger partial charge in [0, 0.05) is 5.69 Å². The normalized spacial score (nSPS) is 24.6. The molecule has 0 radical (unpaired) electrons. The number of halogens is 1. The number of ether oxygens (including phenoxy) is 1. The SMILES string of the molecule is O=C(Oc1ccccc1)C1C2C(=O)N(c3ccc(F)cc3)C(=O)C2C2C=Cc3ccccc3N21. The Hall–Kier alpha value is -4.26. The molecule has 6 rings (SSSR count). The minimum atomic E-state index is -0.997. The van der Waals surface area contributed by atoms with Gasteiger partial charge in [-0.2, -0.15) is 0 Å². The van der Waals surface area contributed by atoms with Gasteiger partial charge in [-0.05, 0) is 48.0 Å². The quantitative estimate of drug-likeness (QED) is 0.342. The number of amides is 2. The lowest BCUT2D eigenvalue weighted by Crippen LogP contribution is -2.50. The third-order valence-electron chi connectivity index (χ3n) is 6.70. The summed E-state index contributed by atoms with van der Waals surface area (Å²) in [5.74, 6) is -3.31. The van der Waals surface area contributed by atoms with Crippen molar-refractivity contribution < 1.29 is 23.5 Å². The van der Waals surface area contributed by atoms with Crippen LogP contribution in [0.3, 0.4) is 0 Å². The summed E-state index contributed by atoms with van der Waals surface area (Å²) in [7, 11) is 0. The highest BCUT2D eigenvalue weighted by Gasteiger charge is 2.65. The second-order valence-electron chi connectivity index (χ2n) is 8.53. The average molecular weight is 454 g/mol. The van der Waals surface area contributed by atoms with Crippen LogP contribution in [0.2, 0.25) is 0 Å². The summed E-state index contributed by atoms with van der Waals surface area (Å²) in [5, 5.41) is 0. The number of carbonyl (C=O) groups is 3. The Morgan fingerprint density at radius 3 is 2.26 bits per heavy atom. The Morgan fingerprint density at radius 1 is 0.824 bits per heavy atom. The Morgan fingerprint density at radius 2 is 1.50 bits per heavy atom. The second kappa shape index (κ2) is 7.66. The zero-order valence-corrected chi connectivity index (χ0v) is 17.9. The van der Waals surface area contributed by atoms with Gasteiger partial charge in [0.25, 0.3) is 0 Å². The molecule has 4 atom stereocenters. The molecule has 3 aromatic carbocycles. The first kappa shape index (κ1) is 20.4. The molecule has 0 bridgehead atoms. The summed E-state index contributed by atoms with van der Waals surface area (Å²) >= 11 is 0. The third-order valence-corrected chi connectivity index (χ3v) is 6.70. The summed E-state index contributed by atoms with van der Waals surface area (Å²) in [4.78, 5) is 43.7. The second-order valence-corrected chi connectivity index (χ2v) is 8.53. The van der Waals surface area contributed by atoms with Gasteiger partial charge >= 0.3 is 5.97 Å². The van der Waals surface area contributed by atoms with Crippen LogP contribution in [-0.4, -0.2) is 29.9 Å². The molecular weight excluding hydrogens is 435 g/mol. The predicted octanol–water partition coefficient (Wildman–Crippen LogP) is 3.82. The lowest BCUT2D eigenvalue weighted by molar-refractivity contribution is -0.139. The molecule has 4 unspecified atom stereocenters. The van der Waals surface area contributed by atoms with E-state index in [-0.39, 0.29) is 5.69 Å². The zero-order chi connectivity index (χ0) is 23.4. The zero-order valence-electron chi connectivity index (χ0n) is 17.9. The summed E-state index contributed by atoms with van der Waals surface area (Å²) in [6, 6.07) is 19.9. The Kier molecular flexibility index (Phi) is 4.58. The number of hydrogen-bond donors (Lipinski definition) is 0. The Balaban J connectivity index is 1.44. The van der Waals surface area contributed by atoms with Crippen LogP contribution < -0.4 is 14.5 Å². The maximum atomic E-state index is 13.7. The van der Waals surface area contributed by atoms with Crippen molar-refractivity contribution in [3.05, 3.63) is 96.3 Å². The maximum absolute atomic E-state index is 13.7. The van der Waals surface area contributed by atoms with Crippen molar-refractivity contribution in [3.63, 3.8) is 0 Å². The smallest absolute Gasteiger partial charge is 0.335 e. The van der Waals surface area contributed by atoms with Gasteiger partial charge in [0.15, 0.2) is 0 Å². The van der Waals surface area contributed by atoms with Crippen LogP contribution in [0.25, 0.3) is 6.08 Å². The van der Waals surface area contributed by atoms with E-state index in [9.17, 15) is 18.8 Å². The monoisotopic (exact) mass is 454 g/mol. The molecule has 3 heterocycles. The minimum Gasteiger partial charge on any atom is -0.425 e. The third kappa shape index (κ3) is 2.97. The van der Waals surface area contributed by atoms with Gasteiger partial charge in [-0.25, -0.2) is 14.1 Å². The van der Waals surface area contributed by atoms with Crippen LogP contribution in [0, 0.1) is 17.7 Å². The highest BCUT2D eigenvalue weighted by atomic mass is 19.1. The molecule has 168 valence electrons. The average Bonchev–Trinajstić information content (AvgIpc) is 3.33. The molecule has 34 heavy (non-hydrogen) atoms. The highest BCUT2D eigenvalue weighted by Crippen LogP contribution is 2.49. The fraction of sp³-hybridized carbons (Fsp3) is 0.148. The fourth-order valence-electron chi connectivity index (χ4n) is 5.29. The number of esters is 1. The van der Waals surface area contributed by atoms with Gasteiger partial charge < -0.3 is 9.64 Å². The van der Waals surface area contributed by atoms with Gasteiger partial charge in [0.1, 0.15) is 17.6 Å². The molecule has 0 spiro atoms. The first-order valence-corrected chi connectivity index (χ1v) is 11.0. The number of hydrogen-bond acceptors (Lipinski definition) is 5. The van der Waals surface area contributed by atoms with E-state index in [1.807, 2.05) is 47.4 Å². The number of para-hydroxylation sites is 2. The molecule has 2 amide bonds. The van der Waals surface area contributed by atoms with E-state index in [4.69, 9.17) is 4.74 Å². The number of anilines is 2. The van der Waals surface area contributed by atoms with Gasteiger partial charge in [-0.15, -0.1) is 0 Å². The van der Waals surface area contributed by atoms with E-state index in [0.29, 0.717) is 5.75 Å². The van der Waals surface area contributed by atoms with Gasteiger partial charge in [0.2, 0.25) is 11.8 Å². The lowest BCUT2D eigenvalue weighted by atomic mass is 9.89. The van der Waals surface area contributed by atoms with Crippen LogP contribution in [-0.2, 0) is 14.4 Å². The number of rotatable bonds is 3. The van der Waals surface area contributed by atoms with Crippen molar-refractivity contribution in [3.8, 4) is 5.75 Å². The van der Waals surface area contributed by atoms with Crippen molar-refractivity contribution in [1.82, 2.24) is 0 Å². The van der Waals surface area contributed by atoms with E-state index in [1.165, 1.54) is 24.3 Å². The number of fused-ring (bicyclic) bond motifs is 5. The molecule has 2 saturated heterocycles. The largest absolute Gasteiger partial charge is 0.425 e. The summed E-state index contributed by atoms with van der Waals surface area (Å²) in [6.07, 6.45) is 3.78. The highest BCUT2D eigenvalue weighted by molar-refractivity contribution is 6.24. The van der Waals surface area contributed by atoms with E-state index in [1.54, 1.807) is 24.3 Å². The standard InChI is InChI=1S/C27H19FN2O4/c28-17-11-13-18(14-12-17)29-25(31)22-21-15-10-16-6-4-5-9-20(16)30(21)24(23(22)26(29)32)27(33)34-19-7-2-1-3-8-19/h1-15,21-24H. The first-order chi connectivity index (χ1) is 16.5. The van der Waals surface area contributed by atoms with Gasteiger partial charge in [0.05, 0.1) is 23.6 Å². The minimum absolute atomic E-state index is 0.285. The van der Waals surface area contributed by atoms with Crippen molar-refractivity contribution in [2.24, 2.45) is 11.8 Å². The van der Waals surface area contributed by atoms with E-state index < -0.39 is 47.5 Å². The van der Waals surface area contributed by atoms with Crippen molar-refractivity contribution >= 4 is 35.2 Å². The van der Waals surface area contributed by atoms with Crippen LogP contribution >= 0.6 is 0 Å². The molecule has 2 fully saturated rings. The van der Waals surface area contributed by atoms with Crippen LogP contribution in [0.15, 0.2) is 84.9 Å². The molecule has 6 nitrogen and oxygen atoms in total. The van der Waals surface area contributed by atoms with Crippen molar-refractivity contribution in [1.29, 1.82) is 0 Å². The molecule has 0 saturated carbocycles. The molecular formula is C27H19FN2O4. The summed E-state index contributed by atoms with van der Waals surface area (Å²) in [6.45, 7) is 0. The van der Waals surface area contributed by atoms with Crippen molar-refractivity contribution in [2.45, 2.75) is 12.1 Å². The topological polar surface area (TPSA) is 66.9 Å². The maximum Gasteiger partial charge on any atom is 0.335 e. The van der Waals surface area contributed by atoms with E-state index >= 15 is 0 Å². The molecule has 0 aromatic heterocycles. The Labute approximate surface area is 194 Å². The van der Waals surface area contributed by atoms with E-state index in [2.05, 4.69) is 0 Å². The fourth-order valence-corrected chi connectivity index (χ4v) is 5.29. The summed E-state index contributed by atoms with van der Waals surface area (Å²) < 4.78 is 19.1. The number of imide groups is 1. The molecule has 3 aromatic rings. The van der Waals surface area contributed by atoms with Crippen LogP contribution in [0.5, 0.6) is 5.75 Å². The molecule has 7 heteroatoms. The molecule has 0 aliphatic carbocycles.